The molecule has 0 spiro atoms. The molecule has 3 aromatic rings. The summed E-state index contributed by atoms with van der Waals surface area (Å²) >= 11 is 6.05. The van der Waals surface area contributed by atoms with E-state index in [1.807, 2.05) is 31.2 Å². The van der Waals surface area contributed by atoms with E-state index >= 15 is 0 Å². The number of sulfonamides is 1. The third-order valence-electron chi connectivity index (χ3n) is 4.14. The summed E-state index contributed by atoms with van der Waals surface area (Å²) in [5, 5.41) is 3.23. The molecule has 5 nitrogen and oxygen atoms in total. The molecule has 0 fully saturated rings. The van der Waals surface area contributed by atoms with Gasteiger partial charge in [-0.15, -0.1) is 0 Å². The minimum Gasteiger partial charge on any atom is -0.323 e. The fraction of sp³-hybridized carbons (Fsp3) is 0.0455. The van der Waals surface area contributed by atoms with Crippen LogP contribution in [0.4, 0.5) is 11.4 Å². The Morgan fingerprint density at radius 1 is 0.931 bits per heavy atom. The topological polar surface area (TPSA) is 75.3 Å². The van der Waals surface area contributed by atoms with Crippen LogP contribution in [0.5, 0.6) is 0 Å². The lowest BCUT2D eigenvalue weighted by molar-refractivity contribution is -0.111. The molecular weight excluding hydrogens is 408 g/mol. The molecule has 29 heavy (non-hydrogen) atoms. The van der Waals surface area contributed by atoms with Crippen LogP contribution in [-0.2, 0) is 14.8 Å². The largest absolute Gasteiger partial charge is 0.323 e. The van der Waals surface area contributed by atoms with Crippen LogP contribution in [0.2, 0.25) is 5.02 Å². The van der Waals surface area contributed by atoms with E-state index in [0.717, 1.165) is 11.1 Å². The second-order valence-corrected chi connectivity index (χ2v) is 8.38. The van der Waals surface area contributed by atoms with Crippen molar-refractivity contribution in [3.63, 3.8) is 0 Å². The number of carbonyl (C=O) groups excluding carboxylic acids is 1. The summed E-state index contributed by atoms with van der Waals surface area (Å²) in [6, 6.07) is 20.3. The number of rotatable bonds is 6. The van der Waals surface area contributed by atoms with Gasteiger partial charge in [-0.05, 0) is 60.5 Å². The fourth-order valence-corrected chi connectivity index (χ4v) is 3.90. The SMILES string of the molecule is Cc1ccccc1NS(=O)(=O)c1ccc(NC(=O)/C=C/c2ccccc2Cl)cc1. The number of hydrogen-bond donors (Lipinski definition) is 2. The second kappa shape index (κ2) is 8.94. The van der Waals surface area contributed by atoms with Crippen molar-refractivity contribution >= 4 is 45.0 Å². The molecule has 0 atom stereocenters. The minimum atomic E-state index is -3.72. The molecule has 0 radical (unpaired) electrons. The molecule has 1 amide bonds. The van der Waals surface area contributed by atoms with Crippen molar-refractivity contribution in [1.82, 2.24) is 0 Å². The van der Waals surface area contributed by atoms with Gasteiger partial charge < -0.3 is 5.32 Å². The molecule has 7 heteroatoms. The van der Waals surface area contributed by atoms with Gasteiger partial charge in [-0.1, -0.05) is 48.0 Å². The highest BCUT2D eigenvalue weighted by atomic mass is 35.5. The average Bonchev–Trinajstić information content (AvgIpc) is 2.69. The van der Waals surface area contributed by atoms with E-state index in [9.17, 15) is 13.2 Å². The predicted molar refractivity (Wildman–Crippen MR) is 118 cm³/mol. The third-order valence-corrected chi connectivity index (χ3v) is 5.87. The Hall–Kier alpha value is -3.09. The second-order valence-electron chi connectivity index (χ2n) is 6.29. The van der Waals surface area contributed by atoms with Crippen LogP contribution >= 0.6 is 11.6 Å². The number of carbonyl (C=O) groups is 1. The first-order valence-corrected chi connectivity index (χ1v) is 10.6. The first kappa shape index (κ1) is 20.6. The van der Waals surface area contributed by atoms with E-state index in [0.29, 0.717) is 16.4 Å². The molecule has 0 heterocycles. The van der Waals surface area contributed by atoms with Gasteiger partial charge in [0.05, 0.1) is 10.6 Å². The molecule has 148 valence electrons. The van der Waals surface area contributed by atoms with Crippen molar-refractivity contribution in [2.24, 2.45) is 0 Å². The molecule has 0 aliphatic heterocycles. The molecule has 0 saturated heterocycles. The number of nitrogens with one attached hydrogen (secondary N) is 2. The molecule has 0 aromatic heterocycles. The summed E-state index contributed by atoms with van der Waals surface area (Å²) < 4.78 is 27.7. The summed E-state index contributed by atoms with van der Waals surface area (Å²) in [5.74, 6) is -0.349. The monoisotopic (exact) mass is 426 g/mol. The highest BCUT2D eigenvalue weighted by molar-refractivity contribution is 7.92. The number of hydrogen-bond acceptors (Lipinski definition) is 3. The third kappa shape index (κ3) is 5.47. The molecular formula is C22H19ClN2O3S. The van der Waals surface area contributed by atoms with Crippen molar-refractivity contribution < 1.29 is 13.2 Å². The summed E-state index contributed by atoms with van der Waals surface area (Å²) in [6.07, 6.45) is 2.98. The van der Waals surface area contributed by atoms with Crippen molar-refractivity contribution in [3.8, 4) is 0 Å². The smallest absolute Gasteiger partial charge is 0.261 e. The number of halogens is 1. The predicted octanol–water partition coefficient (Wildman–Crippen LogP) is 5.10. The van der Waals surface area contributed by atoms with Crippen molar-refractivity contribution in [2.45, 2.75) is 11.8 Å². The highest BCUT2D eigenvalue weighted by Crippen LogP contribution is 2.21. The lowest BCUT2D eigenvalue weighted by Gasteiger charge is -2.11. The van der Waals surface area contributed by atoms with E-state index in [4.69, 9.17) is 11.6 Å². The summed E-state index contributed by atoms with van der Waals surface area (Å²) in [7, 11) is -3.72. The van der Waals surface area contributed by atoms with Crippen LogP contribution in [0.15, 0.2) is 83.8 Å². The van der Waals surface area contributed by atoms with Crippen LogP contribution < -0.4 is 10.0 Å². The van der Waals surface area contributed by atoms with Crippen LogP contribution in [0.1, 0.15) is 11.1 Å². The van der Waals surface area contributed by atoms with Crippen LogP contribution in [0, 0.1) is 6.92 Å². The Labute approximate surface area is 175 Å². The number of aryl methyl sites for hydroxylation is 1. The Kier molecular flexibility index (Phi) is 6.36. The van der Waals surface area contributed by atoms with Gasteiger partial charge in [0, 0.05) is 16.8 Å². The van der Waals surface area contributed by atoms with E-state index in [1.54, 1.807) is 30.3 Å². The molecule has 0 saturated carbocycles. The number of para-hydroxylation sites is 1. The van der Waals surface area contributed by atoms with Gasteiger partial charge in [0.15, 0.2) is 0 Å². The number of benzene rings is 3. The summed E-state index contributed by atoms with van der Waals surface area (Å²) in [5.41, 5.74) is 2.56. The van der Waals surface area contributed by atoms with Gasteiger partial charge in [0.1, 0.15) is 0 Å². The van der Waals surface area contributed by atoms with Gasteiger partial charge in [-0.3, -0.25) is 9.52 Å². The van der Waals surface area contributed by atoms with Crippen LogP contribution in [-0.4, -0.2) is 14.3 Å². The van der Waals surface area contributed by atoms with Crippen LogP contribution in [0.3, 0.4) is 0 Å². The first-order valence-electron chi connectivity index (χ1n) is 8.77. The Balaban J connectivity index is 1.67. The zero-order chi connectivity index (χ0) is 20.9. The normalized spacial score (nSPS) is 11.4. The summed E-state index contributed by atoms with van der Waals surface area (Å²) in [6.45, 7) is 1.83. The highest BCUT2D eigenvalue weighted by Gasteiger charge is 2.15. The maximum Gasteiger partial charge on any atom is 0.261 e. The number of amides is 1. The van der Waals surface area contributed by atoms with Gasteiger partial charge in [0.25, 0.3) is 10.0 Å². The maximum absolute atomic E-state index is 12.6. The molecule has 0 aliphatic carbocycles. The fourth-order valence-electron chi connectivity index (χ4n) is 2.57. The van der Waals surface area contributed by atoms with E-state index in [-0.39, 0.29) is 10.8 Å². The molecule has 2 N–H and O–H groups in total. The standard InChI is InChI=1S/C22H19ClN2O3S/c1-16-6-2-5-9-21(16)25-29(27,28)19-13-11-18(12-14-19)24-22(26)15-10-17-7-3-4-8-20(17)23/h2-15,25H,1H3,(H,24,26)/b15-10+. The van der Waals surface area contributed by atoms with E-state index < -0.39 is 10.0 Å². The van der Waals surface area contributed by atoms with E-state index in [2.05, 4.69) is 10.0 Å². The van der Waals surface area contributed by atoms with Gasteiger partial charge in [-0.25, -0.2) is 8.42 Å². The summed E-state index contributed by atoms with van der Waals surface area (Å²) in [4.78, 5) is 12.2. The Bertz CT molecular complexity index is 1160. The van der Waals surface area contributed by atoms with Crippen LogP contribution in [0.25, 0.3) is 6.08 Å². The van der Waals surface area contributed by atoms with Gasteiger partial charge >= 0.3 is 0 Å². The Morgan fingerprint density at radius 2 is 1.59 bits per heavy atom. The zero-order valence-corrected chi connectivity index (χ0v) is 17.2. The molecule has 0 bridgehead atoms. The molecule has 0 aliphatic rings. The Morgan fingerprint density at radius 3 is 2.28 bits per heavy atom. The quantitative estimate of drug-likeness (QED) is 0.538. The van der Waals surface area contributed by atoms with Gasteiger partial charge in [0.2, 0.25) is 5.91 Å². The molecule has 3 rings (SSSR count). The zero-order valence-electron chi connectivity index (χ0n) is 15.6. The molecule has 3 aromatic carbocycles. The minimum absolute atomic E-state index is 0.102. The van der Waals surface area contributed by atoms with Crippen molar-refractivity contribution in [2.75, 3.05) is 10.0 Å². The lowest BCUT2D eigenvalue weighted by atomic mass is 10.2. The number of anilines is 2. The first-order chi connectivity index (χ1) is 13.8. The lowest BCUT2D eigenvalue weighted by Crippen LogP contribution is -2.14. The average molecular weight is 427 g/mol. The van der Waals surface area contributed by atoms with Gasteiger partial charge in [-0.2, -0.15) is 0 Å². The van der Waals surface area contributed by atoms with Crippen molar-refractivity contribution in [1.29, 1.82) is 0 Å². The van der Waals surface area contributed by atoms with Crippen molar-refractivity contribution in [3.05, 3.63) is 95.0 Å². The maximum atomic E-state index is 12.6. The molecule has 0 unspecified atom stereocenters. The van der Waals surface area contributed by atoms with E-state index in [1.165, 1.54) is 30.3 Å².